The van der Waals surface area contributed by atoms with E-state index < -0.39 is 23.4 Å². The summed E-state index contributed by atoms with van der Waals surface area (Å²) in [5.41, 5.74) is 2.12. The number of anilines is 1. The van der Waals surface area contributed by atoms with Crippen LogP contribution < -0.4 is 10.9 Å². The quantitative estimate of drug-likeness (QED) is 0.285. The maximum absolute atomic E-state index is 14.6. The number of nitrogens with one attached hydrogen (secondary N) is 1. The average Bonchev–Trinajstić information content (AvgIpc) is 3.33. The molecule has 0 bridgehead atoms. The molecule has 4 heterocycles. The molecule has 1 aromatic carbocycles. The Kier molecular flexibility index (Phi) is 6.37. The number of hydrogen-bond donors (Lipinski definition) is 2. The van der Waals surface area contributed by atoms with E-state index in [1.165, 1.54) is 18.2 Å². The van der Waals surface area contributed by atoms with E-state index in [-0.39, 0.29) is 22.2 Å². The highest BCUT2D eigenvalue weighted by Crippen LogP contribution is 2.29. The van der Waals surface area contributed by atoms with Gasteiger partial charge in [0.2, 0.25) is 0 Å². The van der Waals surface area contributed by atoms with E-state index in [0.717, 1.165) is 10.6 Å². The molecule has 0 radical (unpaired) electrons. The Morgan fingerprint density at radius 1 is 1.11 bits per heavy atom. The first-order valence-corrected chi connectivity index (χ1v) is 11.8. The zero-order valence-electron chi connectivity index (χ0n) is 20.4. The lowest BCUT2D eigenvalue weighted by molar-refractivity contribution is 0.0691. The second kappa shape index (κ2) is 9.67. The smallest absolute Gasteiger partial charge is 0.356 e. The van der Waals surface area contributed by atoms with Gasteiger partial charge in [-0.25, -0.2) is 19.2 Å². The minimum atomic E-state index is -1.28. The molecule has 0 amide bonds. The van der Waals surface area contributed by atoms with Gasteiger partial charge in [-0.1, -0.05) is 28.9 Å². The van der Waals surface area contributed by atoms with Crippen LogP contribution in [0.1, 0.15) is 40.4 Å². The summed E-state index contributed by atoms with van der Waals surface area (Å²) in [4.78, 5) is 37.8. The normalized spacial score (nSPS) is 12.0. The molecular formula is C26H20ClFN6O4. The number of pyridine rings is 2. The van der Waals surface area contributed by atoms with Crippen molar-refractivity contribution in [1.82, 2.24) is 24.5 Å². The summed E-state index contributed by atoms with van der Waals surface area (Å²) in [6, 6.07) is 10.6. The van der Waals surface area contributed by atoms with Crippen LogP contribution >= 0.6 is 11.6 Å². The lowest BCUT2D eigenvalue weighted by Crippen LogP contribution is -2.22. The van der Waals surface area contributed by atoms with Crippen LogP contribution in [0.2, 0.25) is 5.15 Å². The Morgan fingerprint density at radius 2 is 1.82 bits per heavy atom. The maximum Gasteiger partial charge on any atom is 0.356 e. The number of aryl methyl sites for hydroxylation is 1. The molecule has 5 rings (SSSR count). The molecule has 0 saturated carbocycles. The minimum Gasteiger partial charge on any atom is -0.476 e. The molecule has 0 spiro atoms. The van der Waals surface area contributed by atoms with Gasteiger partial charge < -0.3 is 14.9 Å². The predicted octanol–water partition coefficient (Wildman–Crippen LogP) is 5.09. The number of aromatic nitrogens is 5. The molecule has 192 valence electrons. The molecule has 0 aliphatic heterocycles. The molecule has 0 saturated heterocycles. The van der Waals surface area contributed by atoms with Crippen LogP contribution in [0.3, 0.4) is 0 Å². The third-order valence-corrected chi connectivity index (χ3v) is 6.19. The fourth-order valence-corrected chi connectivity index (χ4v) is 4.28. The molecule has 12 heteroatoms. The summed E-state index contributed by atoms with van der Waals surface area (Å²) >= 11 is 5.86. The van der Waals surface area contributed by atoms with Crippen molar-refractivity contribution in [2.75, 3.05) is 5.32 Å². The van der Waals surface area contributed by atoms with Crippen molar-refractivity contribution in [1.29, 1.82) is 0 Å². The van der Waals surface area contributed by atoms with Gasteiger partial charge in [-0.05, 0) is 51.1 Å². The molecule has 0 aliphatic rings. The Balaban J connectivity index is 1.60. The number of halogens is 2. The number of aromatic carboxylic acids is 1. The largest absolute Gasteiger partial charge is 0.476 e. The summed E-state index contributed by atoms with van der Waals surface area (Å²) < 4.78 is 21.0. The van der Waals surface area contributed by atoms with Crippen LogP contribution in [0.4, 0.5) is 10.1 Å². The van der Waals surface area contributed by atoms with E-state index in [4.69, 9.17) is 21.1 Å². The highest BCUT2D eigenvalue weighted by molar-refractivity contribution is 6.29. The summed E-state index contributed by atoms with van der Waals surface area (Å²) in [5.74, 6) is -1.05. The first-order valence-electron chi connectivity index (χ1n) is 11.4. The zero-order valence-corrected chi connectivity index (χ0v) is 21.1. The molecule has 4 aromatic heterocycles. The Labute approximate surface area is 219 Å². The van der Waals surface area contributed by atoms with Crippen molar-refractivity contribution in [2.24, 2.45) is 0 Å². The first kappa shape index (κ1) is 25.0. The van der Waals surface area contributed by atoms with Gasteiger partial charge in [-0.2, -0.15) is 4.98 Å². The molecule has 0 fully saturated rings. The minimum absolute atomic E-state index is 0.0189. The fraction of sp³-hybridized carbons (Fsp3) is 0.154. The SMILES string of the molecule is Cc1noc(-c2ccc(-c3nc4c([C@@H](C)Nc5ccc(Cl)nc5C(=O)O)cc(F)cn4c(=O)c3C)cc2)n1. The summed E-state index contributed by atoms with van der Waals surface area (Å²) in [6.45, 7) is 5.04. The predicted molar refractivity (Wildman–Crippen MR) is 138 cm³/mol. The number of nitrogens with zero attached hydrogens (tertiary/aromatic N) is 5. The standard InChI is InChI=1S/C26H20ClFN6O4/c1-12-21(15-4-6-16(7-5-15)24-30-14(3)33-38-24)32-23-18(10-17(28)11-34(23)25(12)35)13(2)29-19-8-9-20(27)31-22(19)26(36)37/h4-11,13,29H,1-3H3,(H,36,37)/t13-/m1/s1. The van der Waals surface area contributed by atoms with Gasteiger partial charge in [0, 0.05) is 28.5 Å². The van der Waals surface area contributed by atoms with E-state index in [9.17, 15) is 19.1 Å². The highest BCUT2D eigenvalue weighted by Gasteiger charge is 2.21. The van der Waals surface area contributed by atoms with Crippen LogP contribution in [0, 0.1) is 19.7 Å². The van der Waals surface area contributed by atoms with E-state index in [1.54, 1.807) is 45.0 Å². The van der Waals surface area contributed by atoms with E-state index >= 15 is 0 Å². The highest BCUT2D eigenvalue weighted by atomic mass is 35.5. The third kappa shape index (κ3) is 4.59. The molecule has 38 heavy (non-hydrogen) atoms. The Hall–Kier alpha value is -4.64. The Bertz CT molecular complexity index is 1770. The van der Waals surface area contributed by atoms with Crippen molar-refractivity contribution < 1.29 is 18.8 Å². The number of hydrogen-bond acceptors (Lipinski definition) is 8. The zero-order chi connectivity index (χ0) is 27.1. The number of rotatable bonds is 6. The maximum atomic E-state index is 14.6. The molecule has 0 aliphatic carbocycles. The monoisotopic (exact) mass is 534 g/mol. The van der Waals surface area contributed by atoms with Gasteiger partial charge in [0.15, 0.2) is 11.5 Å². The van der Waals surface area contributed by atoms with Crippen molar-refractivity contribution >= 4 is 28.9 Å². The molecular weight excluding hydrogens is 515 g/mol. The third-order valence-electron chi connectivity index (χ3n) is 5.98. The van der Waals surface area contributed by atoms with Gasteiger partial charge in [0.05, 0.1) is 17.4 Å². The summed E-state index contributed by atoms with van der Waals surface area (Å²) in [5, 5.41) is 16.4. The van der Waals surface area contributed by atoms with E-state index in [0.29, 0.717) is 39.7 Å². The van der Waals surface area contributed by atoms with Crippen LogP contribution in [0.5, 0.6) is 0 Å². The van der Waals surface area contributed by atoms with Crippen LogP contribution in [0.25, 0.3) is 28.4 Å². The molecule has 0 unspecified atom stereocenters. The van der Waals surface area contributed by atoms with Crippen LogP contribution in [0.15, 0.2) is 58.0 Å². The van der Waals surface area contributed by atoms with Crippen molar-refractivity contribution in [3.8, 4) is 22.7 Å². The Morgan fingerprint density at radius 3 is 2.47 bits per heavy atom. The molecule has 1 atom stereocenters. The van der Waals surface area contributed by atoms with Crippen molar-refractivity contribution in [3.05, 3.63) is 92.6 Å². The fourth-order valence-electron chi connectivity index (χ4n) is 4.13. The number of fused-ring (bicyclic) bond motifs is 1. The van der Waals surface area contributed by atoms with Gasteiger partial charge in [0.25, 0.3) is 11.4 Å². The van der Waals surface area contributed by atoms with Crippen LogP contribution in [-0.2, 0) is 0 Å². The topological polar surface area (TPSA) is 136 Å². The molecule has 10 nitrogen and oxygen atoms in total. The van der Waals surface area contributed by atoms with E-state index in [1.807, 2.05) is 0 Å². The van der Waals surface area contributed by atoms with Crippen molar-refractivity contribution in [2.45, 2.75) is 26.8 Å². The molecule has 2 N–H and O–H groups in total. The lowest BCUT2D eigenvalue weighted by atomic mass is 10.0. The summed E-state index contributed by atoms with van der Waals surface area (Å²) in [6.07, 6.45) is 1.07. The van der Waals surface area contributed by atoms with Crippen molar-refractivity contribution in [3.63, 3.8) is 0 Å². The second-order valence-electron chi connectivity index (χ2n) is 8.62. The van der Waals surface area contributed by atoms with Crippen LogP contribution in [-0.4, -0.2) is 35.6 Å². The van der Waals surface area contributed by atoms with E-state index in [2.05, 4.69) is 20.4 Å². The number of carbonyl (C=O) groups is 1. The van der Waals surface area contributed by atoms with Gasteiger partial charge in [-0.15, -0.1) is 0 Å². The van der Waals surface area contributed by atoms with Gasteiger partial charge in [-0.3, -0.25) is 9.20 Å². The number of carboxylic acids is 1. The number of carboxylic acid groups (broad SMARTS) is 1. The second-order valence-corrected chi connectivity index (χ2v) is 9.01. The van der Waals surface area contributed by atoms with Gasteiger partial charge in [0.1, 0.15) is 16.6 Å². The lowest BCUT2D eigenvalue weighted by Gasteiger charge is -2.19. The van der Waals surface area contributed by atoms with Gasteiger partial charge >= 0.3 is 5.97 Å². The first-order chi connectivity index (χ1) is 18.1. The number of benzene rings is 1. The average molecular weight is 535 g/mol. The summed E-state index contributed by atoms with van der Waals surface area (Å²) in [7, 11) is 0. The molecule has 5 aromatic rings.